The Balaban J connectivity index is 1.74. The van der Waals surface area contributed by atoms with Gasteiger partial charge >= 0.3 is 18.5 Å². The van der Waals surface area contributed by atoms with E-state index in [1.165, 1.54) is 24.3 Å². The summed E-state index contributed by atoms with van der Waals surface area (Å²) in [6.45, 7) is 1.40. The van der Waals surface area contributed by atoms with E-state index < -0.39 is 59.1 Å². The molecule has 3 aromatic carbocycles. The van der Waals surface area contributed by atoms with Crippen LogP contribution in [0.25, 0.3) is 0 Å². The van der Waals surface area contributed by atoms with Crippen LogP contribution in [0.15, 0.2) is 77.6 Å². The number of alkyl halides is 9. The van der Waals surface area contributed by atoms with E-state index in [2.05, 4.69) is 4.98 Å². The largest absolute Gasteiger partial charge is 0.457 e. The van der Waals surface area contributed by atoms with E-state index in [-0.39, 0.29) is 24.3 Å². The molecule has 0 aliphatic rings. The first-order valence-corrected chi connectivity index (χ1v) is 11.6. The van der Waals surface area contributed by atoms with E-state index in [1.54, 1.807) is 12.1 Å². The third-order valence-corrected chi connectivity index (χ3v) is 5.72. The Morgan fingerprint density at radius 1 is 0.756 bits per heavy atom. The maximum absolute atomic E-state index is 13.6. The standard InChI is InChI=1S/C27H18F9N3O2/c1-15-2-7-18(8-3-15)41-19-9-4-16(5-10-19)14-39-23(40)13-22(27(34,35)36)38-24(39)37-21-12-17(25(28,29)30)6-11-20(21)26(31,32)33/h2-13H,14H2,1H3,(H,37,38). The molecular formula is C27H18F9N3O2. The Hall–Kier alpha value is -4.49. The van der Waals surface area contributed by atoms with Gasteiger partial charge in [0.25, 0.3) is 5.56 Å². The van der Waals surface area contributed by atoms with Gasteiger partial charge in [-0.25, -0.2) is 4.98 Å². The molecule has 41 heavy (non-hydrogen) atoms. The monoisotopic (exact) mass is 587 g/mol. The number of nitrogens with zero attached hydrogens (tertiary/aromatic N) is 2. The van der Waals surface area contributed by atoms with Gasteiger partial charge in [0.2, 0.25) is 5.95 Å². The minimum absolute atomic E-state index is 0.0801. The number of ether oxygens (including phenoxy) is 1. The van der Waals surface area contributed by atoms with Crippen LogP contribution in [0.3, 0.4) is 0 Å². The average Bonchev–Trinajstić information content (AvgIpc) is 2.86. The number of aryl methyl sites for hydroxylation is 1. The highest BCUT2D eigenvalue weighted by atomic mass is 19.4. The minimum Gasteiger partial charge on any atom is -0.457 e. The van der Waals surface area contributed by atoms with Gasteiger partial charge in [-0.3, -0.25) is 9.36 Å². The van der Waals surface area contributed by atoms with Gasteiger partial charge in [0, 0.05) is 6.07 Å². The molecule has 0 saturated carbocycles. The number of nitrogens with one attached hydrogen (secondary N) is 1. The fraction of sp³-hybridized carbons (Fsp3) is 0.185. The highest BCUT2D eigenvalue weighted by Crippen LogP contribution is 2.40. The van der Waals surface area contributed by atoms with Crippen LogP contribution in [0, 0.1) is 6.92 Å². The highest BCUT2D eigenvalue weighted by Gasteiger charge is 2.38. The van der Waals surface area contributed by atoms with Crippen LogP contribution in [-0.2, 0) is 25.1 Å². The molecule has 0 spiro atoms. The quantitative estimate of drug-likeness (QED) is 0.231. The number of rotatable bonds is 6. The van der Waals surface area contributed by atoms with Crippen LogP contribution in [-0.4, -0.2) is 9.55 Å². The summed E-state index contributed by atoms with van der Waals surface area (Å²) in [4.78, 5) is 15.9. The lowest BCUT2D eigenvalue weighted by molar-refractivity contribution is -0.141. The van der Waals surface area contributed by atoms with Crippen molar-refractivity contribution >= 4 is 11.6 Å². The maximum Gasteiger partial charge on any atom is 0.433 e. The maximum atomic E-state index is 13.6. The number of hydrogen-bond donors (Lipinski definition) is 1. The first-order valence-electron chi connectivity index (χ1n) is 11.6. The molecule has 1 aromatic heterocycles. The topological polar surface area (TPSA) is 56.1 Å². The third-order valence-electron chi connectivity index (χ3n) is 5.72. The van der Waals surface area contributed by atoms with Gasteiger partial charge in [0.1, 0.15) is 11.5 Å². The van der Waals surface area contributed by atoms with E-state index in [4.69, 9.17) is 4.74 Å². The Morgan fingerprint density at radius 2 is 1.34 bits per heavy atom. The lowest BCUT2D eigenvalue weighted by atomic mass is 10.1. The van der Waals surface area contributed by atoms with Crippen molar-refractivity contribution in [1.29, 1.82) is 0 Å². The zero-order valence-electron chi connectivity index (χ0n) is 20.7. The molecule has 0 aliphatic heterocycles. The van der Waals surface area contributed by atoms with Crippen LogP contribution in [0.1, 0.15) is 27.9 Å². The van der Waals surface area contributed by atoms with Crippen molar-refractivity contribution in [2.75, 3.05) is 5.32 Å². The molecule has 0 fully saturated rings. The highest BCUT2D eigenvalue weighted by molar-refractivity contribution is 5.62. The molecule has 14 heteroatoms. The summed E-state index contributed by atoms with van der Waals surface area (Å²) in [7, 11) is 0. The number of benzene rings is 3. The Kier molecular flexibility index (Phi) is 7.78. The molecule has 0 aliphatic carbocycles. The molecule has 0 amide bonds. The molecule has 1 heterocycles. The van der Waals surface area contributed by atoms with Gasteiger partial charge in [0.15, 0.2) is 5.69 Å². The first-order chi connectivity index (χ1) is 19.0. The van der Waals surface area contributed by atoms with Crippen molar-refractivity contribution in [3.8, 4) is 11.5 Å². The Bertz CT molecular complexity index is 1590. The van der Waals surface area contributed by atoms with Crippen LogP contribution in [0.2, 0.25) is 0 Å². The molecule has 4 rings (SSSR count). The molecule has 5 nitrogen and oxygen atoms in total. The van der Waals surface area contributed by atoms with Crippen LogP contribution >= 0.6 is 0 Å². The number of anilines is 2. The summed E-state index contributed by atoms with van der Waals surface area (Å²) in [5.74, 6) is -0.165. The molecule has 4 aromatic rings. The number of hydrogen-bond acceptors (Lipinski definition) is 4. The smallest absolute Gasteiger partial charge is 0.433 e. The predicted octanol–water partition coefficient (Wildman–Crippen LogP) is 8.19. The van der Waals surface area contributed by atoms with E-state index in [1.807, 2.05) is 24.4 Å². The van der Waals surface area contributed by atoms with Crippen LogP contribution in [0.5, 0.6) is 11.5 Å². The fourth-order valence-electron chi connectivity index (χ4n) is 3.68. The first kappa shape index (κ1) is 29.5. The van der Waals surface area contributed by atoms with Gasteiger partial charge < -0.3 is 10.1 Å². The van der Waals surface area contributed by atoms with Crippen molar-refractivity contribution in [1.82, 2.24) is 9.55 Å². The lowest BCUT2D eigenvalue weighted by Gasteiger charge is -2.20. The van der Waals surface area contributed by atoms with E-state index in [0.29, 0.717) is 21.6 Å². The zero-order chi connectivity index (χ0) is 30.2. The summed E-state index contributed by atoms with van der Waals surface area (Å²) < 4.78 is 127. The van der Waals surface area contributed by atoms with Gasteiger partial charge in [-0.15, -0.1) is 0 Å². The van der Waals surface area contributed by atoms with Gasteiger partial charge in [0.05, 0.1) is 23.4 Å². The van der Waals surface area contributed by atoms with Crippen molar-refractivity contribution in [3.05, 3.63) is 111 Å². The second-order valence-corrected chi connectivity index (χ2v) is 8.83. The Morgan fingerprint density at radius 3 is 1.88 bits per heavy atom. The summed E-state index contributed by atoms with van der Waals surface area (Å²) in [6.07, 6.45) is -15.4. The molecule has 1 N–H and O–H groups in total. The van der Waals surface area contributed by atoms with Crippen molar-refractivity contribution in [3.63, 3.8) is 0 Å². The molecule has 0 atom stereocenters. The van der Waals surface area contributed by atoms with Crippen molar-refractivity contribution in [2.45, 2.75) is 32.0 Å². The SMILES string of the molecule is Cc1ccc(Oc2ccc(Cn3c(Nc4cc(C(F)(F)F)ccc4C(F)(F)F)nc(C(F)(F)F)cc3=O)cc2)cc1. The van der Waals surface area contributed by atoms with E-state index in [9.17, 15) is 44.3 Å². The van der Waals surface area contributed by atoms with Crippen molar-refractivity contribution in [2.24, 2.45) is 0 Å². The average molecular weight is 587 g/mol. The summed E-state index contributed by atoms with van der Waals surface area (Å²) in [5.41, 5.74) is -6.11. The summed E-state index contributed by atoms with van der Waals surface area (Å²) >= 11 is 0. The molecule has 0 radical (unpaired) electrons. The summed E-state index contributed by atoms with van der Waals surface area (Å²) in [6, 6.07) is 13.5. The van der Waals surface area contributed by atoms with Crippen LogP contribution in [0.4, 0.5) is 51.1 Å². The molecular weight excluding hydrogens is 569 g/mol. The molecule has 216 valence electrons. The van der Waals surface area contributed by atoms with E-state index >= 15 is 0 Å². The second kappa shape index (κ2) is 10.8. The van der Waals surface area contributed by atoms with Gasteiger partial charge in [-0.1, -0.05) is 29.8 Å². The second-order valence-electron chi connectivity index (χ2n) is 8.83. The normalized spacial score (nSPS) is 12.3. The van der Waals surface area contributed by atoms with E-state index in [0.717, 1.165) is 5.56 Å². The van der Waals surface area contributed by atoms with Crippen LogP contribution < -0.4 is 15.6 Å². The molecule has 0 bridgehead atoms. The van der Waals surface area contributed by atoms with Gasteiger partial charge in [-0.05, 0) is 55.0 Å². The third kappa shape index (κ3) is 7.18. The van der Waals surface area contributed by atoms with Gasteiger partial charge in [-0.2, -0.15) is 39.5 Å². The number of aromatic nitrogens is 2. The predicted molar refractivity (Wildman–Crippen MR) is 130 cm³/mol. The fourth-order valence-corrected chi connectivity index (χ4v) is 3.68. The number of halogens is 9. The minimum atomic E-state index is -5.19. The van der Waals surface area contributed by atoms with Crippen molar-refractivity contribution < 1.29 is 44.3 Å². The zero-order valence-corrected chi connectivity index (χ0v) is 20.7. The Labute approximate surface area is 225 Å². The lowest BCUT2D eigenvalue weighted by Crippen LogP contribution is -2.27. The summed E-state index contributed by atoms with van der Waals surface area (Å²) in [5, 5.41) is 1.89. The molecule has 0 saturated heterocycles. The molecule has 0 unspecified atom stereocenters.